The van der Waals surface area contributed by atoms with Crippen LogP contribution in [-0.4, -0.2) is 35.7 Å². The van der Waals surface area contributed by atoms with Crippen molar-refractivity contribution in [1.29, 1.82) is 0 Å². The van der Waals surface area contributed by atoms with E-state index in [-0.39, 0.29) is 12.0 Å². The first-order valence-corrected chi connectivity index (χ1v) is 8.08. The van der Waals surface area contributed by atoms with Crippen LogP contribution in [0.3, 0.4) is 0 Å². The van der Waals surface area contributed by atoms with Crippen molar-refractivity contribution in [3.05, 3.63) is 40.2 Å². The number of hydrogen-bond donors (Lipinski definition) is 3. The van der Waals surface area contributed by atoms with Crippen molar-refractivity contribution in [3.63, 3.8) is 0 Å². The molecule has 2 rings (SSSR count). The number of carbonyl (C=O) groups is 2. The molecule has 2 amide bonds. The molecule has 0 spiro atoms. The molecule has 0 aliphatic carbocycles. The van der Waals surface area contributed by atoms with E-state index in [1.807, 2.05) is 0 Å². The van der Waals surface area contributed by atoms with E-state index in [4.69, 9.17) is 15.2 Å². The predicted octanol–water partition coefficient (Wildman–Crippen LogP) is 1.46. The number of aromatic nitrogens is 1. The molecule has 1 atom stereocenters. The Hall–Kier alpha value is -3.03. The highest BCUT2D eigenvalue weighted by molar-refractivity contribution is 5.85. The van der Waals surface area contributed by atoms with Crippen molar-refractivity contribution in [3.8, 4) is 5.75 Å². The molecule has 26 heavy (non-hydrogen) atoms. The van der Waals surface area contributed by atoms with Gasteiger partial charge < -0.3 is 25.5 Å². The number of hydrogen-bond acceptors (Lipinski definition) is 5. The van der Waals surface area contributed by atoms with Crippen LogP contribution in [0, 0.1) is 0 Å². The SMILES string of the molecule is COc1ccc2[nH]c(=O)c(CC(NC(=O)OC(C)(C)C)C(N)=O)cc2c1. The highest BCUT2D eigenvalue weighted by Crippen LogP contribution is 2.19. The van der Waals surface area contributed by atoms with Crippen molar-refractivity contribution in [2.75, 3.05) is 7.11 Å². The maximum absolute atomic E-state index is 12.3. The molecule has 0 radical (unpaired) electrons. The summed E-state index contributed by atoms with van der Waals surface area (Å²) in [5.74, 6) is -0.130. The van der Waals surface area contributed by atoms with E-state index >= 15 is 0 Å². The Morgan fingerprint density at radius 3 is 2.54 bits per heavy atom. The lowest BCUT2D eigenvalue weighted by Gasteiger charge is -2.22. The van der Waals surface area contributed by atoms with Crippen LogP contribution in [0.25, 0.3) is 10.9 Å². The smallest absolute Gasteiger partial charge is 0.408 e. The first-order chi connectivity index (χ1) is 12.1. The highest BCUT2D eigenvalue weighted by Gasteiger charge is 2.24. The molecule has 0 saturated carbocycles. The summed E-state index contributed by atoms with van der Waals surface area (Å²) < 4.78 is 10.3. The molecule has 0 bridgehead atoms. The number of nitrogens with two attached hydrogens (primary N) is 1. The minimum atomic E-state index is -1.07. The van der Waals surface area contributed by atoms with Crippen molar-refractivity contribution in [2.45, 2.75) is 38.8 Å². The summed E-state index contributed by atoms with van der Waals surface area (Å²) in [6, 6.07) is 5.78. The molecule has 1 aromatic carbocycles. The minimum absolute atomic E-state index is 0.0585. The van der Waals surface area contributed by atoms with Crippen molar-refractivity contribution in [1.82, 2.24) is 10.3 Å². The third-order valence-corrected chi connectivity index (χ3v) is 3.59. The van der Waals surface area contributed by atoms with Gasteiger partial charge in [-0.1, -0.05) is 0 Å². The van der Waals surface area contributed by atoms with E-state index in [9.17, 15) is 14.4 Å². The third-order valence-electron chi connectivity index (χ3n) is 3.59. The molecule has 8 nitrogen and oxygen atoms in total. The van der Waals surface area contributed by atoms with Gasteiger partial charge in [0.25, 0.3) is 5.56 Å². The van der Waals surface area contributed by atoms with Crippen LogP contribution in [0.2, 0.25) is 0 Å². The van der Waals surface area contributed by atoms with Gasteiger partial charge in [-0.25, -0.2) is 4.79 Å². The van der Waals surface area contributed by atoms with Crippen LogP contribution in [0.5, 0.6) is 5.75 Å². The Labute approximate surface area is 150 Å². The fraction of sp³-hybridized carbons (Fsp3) is 0.389. The topological polar surface area (TPSA) is 124 Å². The van der Waals surface area contributed by atoms with Gasteiger partial charge in [0.05, 0.1) is 7.11 Å². The Kier molecular flexibility index (Phi) is 5.54. The summed E-state index contributed by atoms with van der Waals surface area (Å²) in [4.78, 5) is 38.6. The normalized spacial score (nSPS) is 12.5. The predicted molar refractivity (Wildman–Crippen MR) is 97.2 cm³/mol. The van der Waals surface area contributed by atoms with Gasteiger partial charge >= 0.3 is 6.09 Å². The van der Waals surface area contributed by atoms with Gasteiger partial charge in [-0.3, -0.25) is 9.59 Å². The van der Waals surface area contributed by atoms with Crippen LogP contribution in [0.1, 0.15) is 26.3 Å². The van der Waals surface area contributed by atoms with Gasteiger partial charge in [0.2, 0.25) is 5.91 Å². The second-order valence-electron chi connectivity index (χ2n) is 6.88. The van der Waals surface area contributed by atoms with Gasteiger partial charge in [0.15, 0.2) is 0 Å². The van der Waals surface area contributed by atoms with Gasteiger partial charge in [-0.15, -0.1) is 0 Å². The molecule has 0 fully saturated rings. The van der Waals surface area contributed by atoms with Crippen LogP contribution in [0.15, 0.2) is 29.1 Å². The molecule has 1 heterocycles. The Balaban J connectivity index is 2.27. The number of pyridine rings is 1. The van der Waals surface area contributed by atoms with Gasteiger partial charge in [-0.05, 0) is 45.0 Å². The average molecular weight is 361 g/mol. The van der Waals surface area contributed by atoms with E-state index in [1.54, 1.807) is 52.1 Å². The first-order valence-electron chi connectivity index (χ1n) is 8.08. The maximum atomic E-state index is 12.3. The summed E-state index contributed by atoms with van der Waals surface area (Å²) >= 11 is 0. The van der Waals surface area contributed by atoms with Gasteiger partial charge in [0, 0.05) is 22.9 Å². The van der Waals surface area contributed by atoms with Crippen molar-refractivity contribution in [2.24, 2.45) is 5.73 Å². The lowest BCUT2D eigenvalue weighted by Crippen LogP contribution is -2.48. The van der Waals surface area contributed by atoms with Crippen LogP contribution < -0.4 is 21.3 Å². The van der Waals surface area contributed by atoms with Crippen LogP contribution in [0.4, 0.5) is 4.79 Å². The molecule has 2 aromatic rings. The zero-order valence-corrected chi connectivity index (χ0v) is 15.2. The first kappa shape index (κ1) is 19.3. The molecule has 0 aliphatic rings. The monoisotopic (exact) mass is 361 g/mol. The number of ether oxygens (including phenoxy) is 2. The van der Waals surface area contributed by atoms with Crippen molar-refractivity contribution < 1.29 is 19.1 Å². The number of H-pyrrole nitrogens is 1. The second kappa shape index (κ2) is 7.47. The molecule has 4 N–H and O–H groups in total. The van der Waals surface area contributed by atoms with Gasteiger partial charge in [0.1, 0.15) is 17.4 Å². The molecule has 8 heteroatoms. The Bertz CT molecular complexity index is 883. The van der Waals surface area contributed by atoms with Crippen LogP contribution in [-0.2, 0) is 16.0 Å². The zero-order valence-electron chi connectivity index (χ0n) is 15.2. The number of primary amides is 1. The standard InChI is InChI=1S/C18H23N3O5/c1-18(2,3)26-17(24)21-14(15(19)22)9-11-7-10-8-12(25-4)5-6-13(10)20-16(11)23/h5-8,14H,9H2,1-4H3,(H2,19,22)(H,20,23)(H,21,24). The lowest BCUT2D eigenvalue weighted by atomic mass is 10.0. The molecular weight excluding hydrogens is 338 g/mol. The number of benzene rings is 1. The van der Waals surface area contributed by atoms with Gasteiger partial charge in [-0.2, -0.15) is 0 Å². The average Bonchev–Trinajstić information content (AvgIpc) is 2.52. The summed E-state index contributed by atoms with van der Waals surface area (Å²) in [7, 11) is 1.54. The van der Waals surface area contributed by atoms with Crippen LogP contribution >= 0.6 is 0 Å². The molecular formula is C18H23N3O5. The highest BCUT2D eigenvalue weighted by atomic mass is 16.6. The summed E-state index contributed by atoms with van der Waals surface area (Å²) in [5.41, 5.74) is 5.23. The number of aromatic amines is 1. The lowest BCUT2D eigenvalue weighted by molar-refractivity contribution is -0.120. The number of rotatable bonds is 5. The Morgan fingerprint density at radius 2 is 1.96 bits per heavy atom. The summed E-state index contributed by atoms with van der Waals surface area (Å²) in [6.45, 7) is 5.11. The van der Waals surface area contributed by atoms with E-state index in [0.717, 1.165) is 5.39 Å². The van der Waals surface area contributed by atoms with E-state index in [0.29, 0.717) is 16.8 Å². The number of carbonyl (C=O) groups excluding carboxylic acids is 2. The fourth-order valence-corrected chi connectivity index (χ4v) is 2.40. The molecule has 0 saturated heterocycles. The van der Waals surface area contributed by atoms with E-state index < -0.39 is 23.6 Å². The van der Waals surface area contributed by atoms with E-state index in [2.05, 4.69) is 10.3 Å². The summed E-state index contributed by atoms with van der Waals surface area (Å²) in [6.07, 6.45) is -0.836. The summed E-state index contributed by atoms with van der Waals surface area (Å²) in [5, 5.41) is 3.14. The van der Waals surface area contributed by atoms with E-state index in [1.165, 1.54) is 0 Å². The number of amides is 2. The molecule has 0 aliphatic heterocycles. The number of fused-ring (bicyclic) bond motifs is 1. The largest absolute Gasteiger partial charge is 0.497 e. The minimum Gasteiger partial charge on any atom is -0.497 e. The zero-order chi connectivity index (χ0) is 19.5. The number of methoxy groups -OCH3 is 1. The Morgan fingerprint density at radius 1 is 1.27 bits per heavy atom. The fourth-order valence-electron chi connectivity index (χ4n) is 2.40. The molecule has 1 aromatic heterocycles. The number of nitrogens with one attached hydrogen (secondary N) is 2. The molecule has 140 valence electrons. The third kappa shape index (κ3) is 4.98. The number of alkyl carbamates (subject to hydrolysis) is 1. The molecule has 1 unspecified atom stereocenters. The maximum Gasteiger partial charge on any atom is 0.408 e. The quantitative estimate of drug-likeness (QED) is 0.744. The second-order valence-corrected chi connectivity index (χ2v) is 6.88. The van der Waals surface area contributed by atoms with Crippen molar-refractivity contribution >= 4 is 22.9 Å².